The van der Waals surface area contributed by atoms with Crippen LogP contribution in [0.3, 0.4) is 0 Å². The van der Waals surface area contributed by atoms with E-state index in [4.69, 9.17) is 10.5 Å². The zero-order valence-electron chi connectivity index (χ0n) is 16.5. The standard InChI is InChI=1S/C19H25F3N4O3.HI/c1-2-28-18(27)26-9-7-12(8-10-26)24-17(23)25-15-11-14(15)13-5-3-4-6-16(13)29-19(20,21)22;/h3-6,12,14-15H,2,7-11H2,1H3,(H3,23,24,25);1H. The number of alkyl halides is 3. The number of carbonyl (C=O) groups excluding carboxylic acids is 1. The van der Waals surface area contributed by atoms with Gasteiger partial charge in [0.1, 0.15) is 5.75 Å². The van der Waals surface area contributed by atoms with E-state index in [1.54, 1.807) is 24.0 Å². The minimum Gasteiger partial charge on any atom is -0.450 e. The quantitative estimate of drug-likeness (QED) is 0.338. The van der Waals surface area contributed by atoms with Crippen molar-refractivity contribution in [2.24, 2.45) is 10.7 Å². The third-order valence-electron chi connectivity index (χ3n) is 4.98. The molecule has 1 aromatic rings. The highest BCUT2D eigenvalue weighted by Gasteiger charge is 2.42. The summed E-state index contributed by atoms with van der Waals surface area (Å²) in [4.78, 5) is 17.8. The number of para-hydroxylation sites is 1. The van der Waals surface area contributed by atoms with Crippen LogP contribution in [0.1, 0.15) is 37.7 Å². The zero-order chi connectivity index (χ0) is 21.0. The van der Waals surface area contributed by atoms with Crippen LogP contribution < -0.4 is 15.8 Å². The molecule has 3 rings (SSSR count). The van der Waals surface area contributed by atoms with Crippen molar-refractivity contribution in [2.45, 2.75) is 50.6 Å². The van der Waals surface area contributed by atoms with E-state index < -0.39 is 6.36 Å². The van der Waals surface area contributed by atoms with Gasteiger partial charge < -0.3 is 25.4 Å². The number of nitrogens with two attached hydrogens (primary N) is 1. The first-order valence-electron chi connectivity index (χ1n) is 9.63. The second kappa shape index (κ2) is 10.4. The highest BCUT2D eigenvalue weighted by molar-refractivity contribution is 14.0. The summed E-state index contributed by atoms with van der Waals surface area (Å²) in [6, 6.07) is 6.01. The van der Waals surface area contributed by atoms with Crippen molar-refractivity contribution < 1.29 is 27.4 Å². The number of ether oxygens (including phenoxy) is 2. The predicted molar refractivity (Wildman–Crippen MR) is 116 cm³/mol. The molecule has 0 aromatic heterocycles. The fraction of sp³-hybridized carbons (Fsp3) is 0.579. The van der Waals surface area contributed by atoms with Crippen LogP contribution in [0.4, 0.5) is 18.0 Å². The monoisotopic (exact) mass is 542 g/mol. The van der Waals surface area contributed by atoms with Gasteiger partial charge in [-0.3, -0.25) is 0 Å². The Kier molecular flexibility index (Phi) is 8.44. The number of halogens is 4. The largest absolute Gasteiger partial charge is 0.573 e. The molecule has 2 unspecified atom stereocenters. The van der Waals surface area contributed by atoms with Gasteiger partial charge in [-0.1, -0.05) is 18.2 Å². The van der Waals surface area contributed by atoms with Gasteiger partial charge in [-0.15, -0.1) is 37.1 Å². The van der Waals surface area contributed by atoms with Gasteiger partial charge in [0.25, 0.3) is 0 Å². The average molecular weight is 542 g/mol. The summed E-state index contributed by atoms with van der Waals surface area (Å²) in [5, 5.41) is 3.14. The van der Waals surface area contributed by atoms with Crippen molar-refractivity contribution in [1.82, 2.24) is 10.2 Å². The molecule has 1 aliphatic heterocycles. The highest BCUT2D eigenvalue weighted by atomic mass is 127. The molecule has 30 heavy (non-hydrogen) atoms. The van der Waals surface area contributed by atoms with Crippen molar-refractivity contribution in [2.75, 3.05) is 19.7 Å². The van der Waals surface area contributed by atoms with Crippen LogP contribution >= 0.6 is 24.0 Å². The smallest absolute Gasteiger partial charge is 0.450 e. The lowest BCUT2D eigenvalue weighted by molar-refractivity contribution is -0.274. The first-order chi connectivity index (χ1) is 13.8. The van der Waals surface area contributed by atoms with Crippen LogP contribution in [0, 0.1) is 0 Å². The number of benzene rings is 1. The Morgan fingerprint density at radius 3 is 2.60 bits per heavy atom. The number of hydrogen-bond donors (Lipinski definition) is 2. The lowest BCUT2D eigenvalue weighted by Gasteiger charge is -2.31. The van der Waals surface area contributed by atoms with E-state index in [-0.39, 0.29) is 59.8 Å². The van der Waals surface area contributed by atoms with E-state index in [1.807, 2.05) is 0 Å². The molecule has 11 heteroatoms. The molecule has 2 fully saturated rings. The van der Waals surface area contributed by atoms with Gasteiger partial charge in [0.2, 0.25) is 0 Å². The number of carbonyl (C=O) groups is 1. The van der Waals surface area contributed by atoms with Gasteiger partial charge in [-0.05, 0) is 37.8 Å². The van der Waals surface area contributed by atoms with E-state index in [0.29, 0.717) is 44.5 Å². The number of guanidine groups is 1. The zero-order valence-corrected chi connectivity index (χ0v) is 18.9. The van der Waals surface area contributed by atoms with Crippen LogP contribution in [0.15, 0.2) is 29.3 Å². The molecule has 3 N–H and O–H groups in total. The fourth-order valence-corrected chi connectivity index (χ4v) is 3.51. The molecular weight excluding hydrogens is 516 g/mol. The second-order valence-corrected chi connectivity index (χ2v) is 7.11. The van der Waals surface area contributed by atoms with Crippen molar-refractivity contribution in [3.63, 3.8) is 0 Å². The molecule has 1 aliphatic carbocycles. The maximum Gasteiger partial charge on any atom is 0.573 e. The lowest BCUT2D eigenvalue weighted by atomic mass is 10.1. The van der Waals surface area contributed by atoms with Crippen molar-refractivity contribution in [1.29, 1.82) is 0 Å². The minimum atomic E-state index is -4.73. The Labute approximate surface area is 190 Å². The van der Waals surface area contributed by atoms with E-state index in [0.717, 1.165) is 0 Å². The second-order valence-electron chi connectivity index (χ2n) is 7.11. The first-order valence-corrected chi connectivity index (χ1v) is 9.63. The van der Waals surface area contributed by atoms with Crippen LogP contribution in [-0.4, -0.2) is 55.1 Å². The number of nitrogens with zero attached hydrogens (tertiary/aromatic N) is 2. The van der Waals surface area contributed by atoms with Crippen molar-refractivity contribution in [3.8, 4) is 5.75 Å². The number of aliphatic imine (C=N–C) groups is 1. The van der Waals surface area contributed by atoms with Crippen LogP contribution in [0.5, 0.6) is 5.75 Å². The average Bonchev–Trinajstić information content (AvgIpc) is 3.40. The van der Waals surface area contributed by atoms with Crippen LogP contribution in [0.2, 0.25) is 0 Å². The van der Waals surface area contributed by atoms with Crippen molar-refractivity contribution in [3.05, 3.63) is 29.8 Å². The van der Waals surface area contributed by atoms with Gasteiger partial charge in [-0.2, -0.15) is 0 Å². The molecule has 2 aliphatic rings. The summed E-state index contributed by atoms with van der Waals surface area (Å²) in [6.45, 7) is 3.24. The topological polar surface area (TPSA) is 89.2 Å². The number of rotatable bonds is 5. The summed E-state index contributed by atoms with van der Waals surface area (Å²) >= 11 is 0. The maximum atomic E-state index is 12.6. The molecule has 1 saturated heterocycles. The summed E-state index contributed by atoms with van der Waals surface area (Å²) in [7, 11) is 0. The Balaban J connectivity index is 0.00000320. The number of hydrogen-bond acceptors (Lipinski definition) is 4. The summed E-state index contributed by atoms with van der Waals surface area (Å²) in [6.07, 6.45) is -3.00. The molecule has 2 atom stereocenters. The van der Waals surface area contributed by atoms with Crippen LogP contribution in [-0.2, 0) is 4.74 Å². The normalized spacial score (nSPS) is 22.1. The molecule has 7 nitrogen and oxygen atoms in total. The van der Waals surface area contributed by atoms with Gasteiger partial charge in [-0.25, -0.2) is 9.79 Å². The Bertz CT molecular complexity index is 755. The van der Waals surface area contributed by atoms with Gasteiger partial charge in [0, 0.05) is 25.0 Å². The summed E-state index contributed by atoms with van der Waals surface area (Å²) in [5.41, 5.74) is 6.47. The van der Waals surface area contributed by atoms with E-state index in [9.17, 15) is 18.0 Å². The van der Waals surface area contributed by atoms with E-state index in [2.05, 4.69) is 15.0 Å². The molecule has 1 saturated carbocycles. The number of piperidine rings is 1. The first kappa shape index (κ1) is 24.4. The molecule has 0 radical (unpaired) electrons. The van der Waals surface area contributed by atoms with Gasteiger partial charge in [0.15, 0.2) is 5.96 Å². The molecule has 0 spiro atoms. The Morgan fingerprint density at radius 2 is 1.97 bits per heavy atom. The van der Waals surface area contributed by atoms with Gasteiger partial charge in [0.05, 0.1) is 12.6 Å². The molecular formula is C19H26F3IN4O3. The Morgan fingerprint density at radius 1 is 1.30 bits per heavy atom. The summed E-state index contributed by atoms with van der Waals surface area (Å²) < 4.78 is 46.9. The maximum absolute atomic E-state index is 12.6. The molecule has 1 heterocycles. The van der Waals surface area contributed by atoms with Gasteiger partial charge >= 0.3 is 12.5 Å². The SMILES string of the molecule is CCOC(=O)N1CCC(NC(N)=NC2CC2c2ccccc2OC(F)(F)F)CC1.I. The number of likely N-dealkylation sites (tertiary alicyclic amines) is 1. The minimum absolute atomic E-state index is 0. The number of amides is 1. The van der Waals surface area contributed by atoms with E-state index in [1.165, 1.54) is 12.1 Å². The third kappa shape index (κ3) is 6.81. The fourth-order valence-electron chi connectivity index (χ4n) is 3.51. The Hall–Kier alpha value is -1.92. The molecule has 168 valence electrons. The lowest BCUT2D eigenvalue weighted by Crippen LogP contribution is -2.48. The van der Waals surface area contributed by atoms with Crippen LogP contribution in [0.25, 0.3) is 0 Å². The molecule has 1 amide bonds. The third-order valence-corrected chi connectivity index (χ3v) is 4.98. The summed E-state index contributed by atoms with van der Waals surface area (Å²) in [5.74, 6) is -0.0820. The van der Waals surface area contributed by atoms with E-state index >= 15 is 0 Å². The predicted octanol–water partition coefficient (Wildman–Crippen LogP) is 3.58. The highest BCUT2D eigenvalue weighted by Crippen LogP contribution is 2.47. The van der Waals surface area contributed by atoms with Crippen molar-refractivity contribution >= 4 is 36.0 Å². The number of nitrogens with one attached hydrogen (secondary N) is 1. The molecule has 0 bridgehead atoms. The molecule has 1 aromatic carbocycles.